The van der Waals surface area contributed by atoms with Gasteiger partial charge in [-0.25, -0.2) is 0 Å². The van der Waals surface area contributed by atoms with E-state index in [-0.39, 0.29) is 19.0 Å². The van der Waals surface area contributed by atoms with Crippen LogP contribution >= 0.6 is 0 Å². The van der Waals surface area contributed by atoms with E-state index in [0.717, 1.165) is 12.8 Å². The van der Waals surface area contributed by atoms with Crippen LogP contribution in [0.1, 0.15) is 31.2 Å². The van der Waals surface area contributed by atoms with Gasteiger partial charge in [0.25, 0.3) is 0 Å². The average Bonchev–Trinajstić information content (AvgIpc) is 2.42. The summed E-state index contributed by atoms with van der Waals surface area (Å²) in [6.45, 7) is 3.26. The van der Waals surface area contributed by atoms with Crippen LogP contribution in [0.2, 0.25) is 0 Å². The molecule has 114 valence electrons. The second kappa shape index (κ2) is 8.04. The van der Waals surface area contributed by atoms with Crippen LogP contribution in [-0.2, 0) is 19.7 Å². The lowest BCUT2D eigenvalue weighted by Crippen LogP contribution is -2.27. The molecule has 0 aliphatic carbocycles. The van der Waals surface area contributed by atoms with E-state index in [4.69, 9.17) is 5.11 Å². The molecule has 0 bridgehead atoms. The molecule has 1 rings (SSSR count). The molecule has 0 saturated heterocycles. The summed E-state index contributed by atoms with van der Waals surface area (Å²) in [4.78, 5) is 13.6. The van der Waals surface area contributed by atoms with Gasteiger partial charge < -0.3 is 19.9 Å². The van der Waals surface area contributed by atoms with Crippen molar-refractivity contribution in [3.63, 3.8) is 0 Å². The first-order chi connectivity index (χ1) is 9.54. The zero-order valence-corrected chi connectivity index (χ0v) is 12.2. The molecule has 0 aliphatic heterocycles. The molecule has 1 aromatic rings. The van der Waals surface area contributed by atoms with Crippen molar-refractivity contribution in [3.05, 3.63) is 27.7 Å². The number of pyridine rings is 1. The third kappa shape index (κ3) is 4.06. The Labute approximate surface area is 118 Å². The Morgan fingerprint density at radius 2 is 2.05 bits per heavy atom. The van der Waals surface area contributed by atoms with Gasteiger partial charge in [0.05, 0.1) is 18.9 Å². The molecule has 0 aliphatic rings. The van der Waals surface area contributed by atoms with E-state index in [9.17, 15) is 15.0 Å². The van der Waals surface area contributed by atoms with E-state index in [0.29, 0.717) is 31.0 Å². The first-order valence-corrected chi connectivity index (χ1v) is 6.89. The zero-order valence-electron chi connectivity index (χ0n) is 12.2. The highest BCUT2D eigenvalue weighted by Gasteiger charge is 2.15. The normalized spacial score (nSPS) is 11.2. The number of hydrogen-bond acceptors (Lipinski definition) is 5. The number of aromatic hydroxyl groups is 1. The molecule has 0 aromatic carbocycles. The minimum Gasteiger partial charge on any atom is -0.503 e. The summed E-state index contributed by atoms with van der Waals surface area (Å²) in [5.41, 5.74) is 0.522. The van der Waals surface area contributed by atoms with Crippen molar-refractivity contribution >= 4 is 0 Å². The highest BCUT2D eigenvalue weighted by molar-refractivity contribution is 5.30. The van der Waals surface area contributed by atoms with Crippen molar-refractivity contribution in [2.45, 2.75) is 39.5 Å². The summed E-state index contributed by atoms with van der Waals surface area (Å²) in [7, 11) is 1.80. The number of aliphatic hydroxyl groups is 2. The molecule has 1 heterocycles. The lowest BCUT2D eigenvalue weighted by Gasteiger charge is -2.22. The van der Waals surface area contributed by atoms with Crippen molar-refractivity contribution < 1.29 is 15.3 Å². The minimum atomic E-state index is -0.478. The topological polar surface area (TPSA) is 85.9 Å². The summed E-state index contributed by atoms with van der Waals surface area (Å²) < 4.78 is 1.80. The van der Waals surface area contributed by atoms with Crippen LogP contribution in [0.15, 0.2) is 10.9 Å². The van der Waals surface area contributed by atoms with Gasteiger partial charge in [-0.3, -0.25) is 9.69 Å². The summed E-state index contributed by atoms with van der Waals surface area (Å²) >= 11 is 0. The number of hydrogen-bond donors (Lipinski definition) is 3. The van der Waals surface area contributed by atoms with Crippen LogP contribution in [-0.4, -0.2) is 45.0 Å². The molecular weight excluding hydrogens is 260 g/mol. The average molecular weight is 284 g/mol. The van der Waals surface area contributed by atoms with Crippen LogP contribution in [0.4, 0.5) is 0 Å². The van der Waals surface area contributed by atoms with Gasteiger partial charge in [0.1, 0.15) is 0 Å². The maximum absolute atomic E-state index is 11.7. The van der Waals surface area contributed by atoms with Gasteiger partial charge in [-0.1, -0.05) is 13.3 Å². The quantitative estimate of drug-likeness (QED) is 0.638. The summed E-state index contributed by atoms with van der Waals surface area (Å²) in [6.07, 6.45) is 1.87. The summed E-state index contributed by atoms with van der Waals surface area (Å²) in [5, 5.41) is 28.3. The molecule has 0 saturated carbocycles. The Bertz CT molecular complexity index is 485. The fourth-order valence-corrected chi connectivity index (χ4v) is 2.13. The Hall–Kier alpha value is -1.37. The van der Waals surface area contributed by atoms with Crippen molar-refractivity contribution in [1.29, 1.82) is 0 Å². The lowest BCUT2D eigenvalue weighted by atomic mass is 10.2. The van der Waals surface area contributed by atoms with E-state index < -0.39 is 5.43 Å². The van der Waals surface area contributed by atoms with E-state index in [1.54, 1.807) is 11.6 Å². The van der Waals surface area contributed by atoms with Crippen LogP contribution in [0.25, 0.3) is 0 Å². The van der Waals surface area contributed by atoms with Crippen molar-refractivity contribution in [2.24, 2.45) is 0 Å². The molecule has 0 radical (unpaired) electrons. The number of nitrogens with zero attached hydrogens (tertiary/aromatic N) is 2. The first kappa shape index (κ1) is 16.7. The van der Waals surface area contributed by atoms with Gasteiger partial charge in [-0.15, -0.1) is 0 Å². The molecule has 1 aromatic heterocycles. The maximum Gasteiger partial charge on any atom is 0.223 e. The Kier molecular flexibility index (Phi) is 6.70. The second-order valence-corrected chi connectivity index (χ2v) is 4.92. The van der Waals surface area contributed by atoms with E-state index in [1.807, 2.05) is 4.90 Å². The number of aliphatic hydroxyl groups excluding tert-OH is 2. The third-order valence-electron chi connectivity index (χ3n) is 3.28. The SMILES string of the molecule is CCCCn1c(CO)cc(=O)c(O)c1CN(C)CCO. The number of aromatic nitrogens is 1. The molecule has 20 heavy (non-hydrogen) atoms. The molecule has 3 N–H and O–H groups in total. The summed E-state index contributed by atoms with van der Waals surface area (Å²) in [6, 6.07) is 1.28. The number of likely N-dealkylation sites (N-methyl/N-ethyl adjacent to an activating group) is 1. The summed E-state index contributed by atoms with van der Waals surface area (Å²) in [5.74, 6) is -0.275. The van der Waals surface area contributed by atoms with E-state index >= 15 is 0 Å². The van der Waals surface area contributed by atoms with Crippen LogP contribution in [0, 0.1) is 0 Å². The molecule has 0 atom stereocenters. The first-order valence-electron chi connectivity index (χ1n) is 6.89. The Morgan fingerprint density at radius 3 is 2.60 bits per heavy atom. The Balaban J connectivity index is 3.21. The van der Waals surface area contributed by atoms with Crippen molar-refractivity contribution in [2.75, 3.05) is 20.2 Å². The zero-order chi connectivity index (χ0) is 15.1. The largest absolute Gasteiger partial charge is 0.503 e. The van der Waals surface area contributed by atoms with Crippen LogP contribution < -0.4 is 5.43 Å². The van der Waals surface area contributed by atoms with Crippen molar-refractivity contribution in [1.82, 2.24) is 9.47 Å². The fourth-order valence-electron chi connectivity index (χ4n) is 2.13. The van der Waals surface area contributed by atoms with Gasteiger partial charge in [-0.05, 0) is 13.5 Å². The molecular formula is C14H24N2O4. The van der Waals surface area contributed by atoms with Gasteiger partial charge in [0.15, 0.2) is 5.75 Å². The smallest absolute Gasteiger partial charge is 0.223 e. The highest BCUT2D eigenvalue weighted by Crippen LogP contribution is 2.17. The predicted molar refractivity (Wildman–Crippen MR) is 76.6 cm³/mol. The molecule has 0 fully saturated rings. The number of unbranched alkanes of at least 4 members (excludes halogenated alkanes) is 1. The van der Waals surface area contributed by atoms with Gasteiger partial charge in [0, 0.05) is 31.4 Å². The highest BCUT2D eigenvalue weighted by atomic mass is 16.3. The molecule has 0 unspecified atom stereocenters. The van der Waals surface area contributed by atoms with Crippen LogP contribution in [0.3, 0.4) is 0 Å². The molecule has 0 amide bonds. The standard InChI is InChI=1S/C14H24N2O4/c1-3-4-5-16-11(10-18)8-13(19)14(20)12(16)9-15(2)6-7-17/h8,17-18,20H,3-7,9-10H2,1-2H3. The second-order valence-electron chi connectivity index (χ2n) is 4.92. The van der Waals surface area contributed by atoms with E-state index in [2.05, 4.69) is 6.92 Å². The monoisotopic (exact) mass is 284 g/mol. The lowest BCUT2D eigenvalue weighted by molar-refractivity contribution is 0.210. The minimum absolute atomic E-state index is 0.0101. The molecule has 0 spiro atoms. The third-order valence-corrected chi connectivity index (χ3v) is 3.28. The fraction of sp³-hybridized carbons (Fsp3) is 0.643. The molecule has 6 heteroatoms. The predicted octanol–water partition coefficient (Wildman–Crippen LogP) is 0.270. The van der Waals surface area contributed by atoms with Gasteiger partial charge >= 0.3 is 0 Å². The number of rotatable bonds is 8. The Morgan fingerprint density at radius 1 is 1.35 bits per heavy atom. The molecule has 6 nitrogen and oxygen atoms in total. The van der Waals surface area contributed by atoms with Gasteiger partial charge in [-0.2, -0.15) is 0 Å². The van der Waals surface area contributed by atoms with Crippen LogP contribution in [0.5, 0.6) is 5.75 Å². The van der Waals surface area contributed by atoms with Crippen molar-refractivity contribution in [3.8, 4) is 5.75 Å². The maximum atomic E-state index is 11.7. The van der Waals surface area contributed by atoms with E-state index in [1.165, 1.54) is 6.07 Å². The van der Waals surface area contributed by atoms with Gasteiger partial charge in [0.2, 0.25) is 5.43 Å².